The average Bonchev–Trinajstić information content (AvgIpc) is 2.29. The van der Waals surface area contributed by atoms with Gasteiger partial charge < -0.3 is 10.1 Å². The molecule has 5 heteroatoms. The molecule has 0 aliphatic heterocycles. The van der Waals surface area contributed by atoms with Crippen LogP contribution in [-0.2, 0) is 9.53 Å². The van der Waals surface area contributed by atoms with E-state index in [4.69, 9.17) is 0 Å². The summed E-state index contributed by atoms with van der Waals surface area (Å²) in [5.41, 5.74) is 1.18. The van der Waals surface area contributed by atoms with Crippen molar-refractivity contribution in [2.75, 3.05) is 7.11 Å². The zero-order valence-electron chi connectivity index (χ0n) is 10.2. The Labute approximate surface area is 100 Å². The van der Waals surface area contributed by atoms with E-state index in [9.17, 15) is 9.59 Å². The molecule has 1 heterocycles. The van der Waals surface area contributed by atoms with Gasteiger partial charge in [-0.2, -0.15) is 0 Å². The maximum atomic E-state index is 11.8. The van der Waals surface area contributed by atoms with E-state index in [1.54, 1.807) is 32.2 Å². The minimum atomic E-state index is -0.347. The Morgan fingerprint density at radius 3 is 2.82 bits per heavy atom. The van der Waals surface area contributed by atoms with Crippen LogP contribution in [0.15, 0.2) is 18.3 Å². The van der Waals surface area contributed by atoms with E-state index < -0.39 is 0 Å². The van der Waals surface area contributed by atoms with Gasteiger partial charge in [0.15, 0.2) is 0 Å². The van der Waals surface area contributed by atoms with Gasteiger partial charge in [-0.25, -0.2) is 0 Å². The summed E-state index contributed by atoms with van der Waals surface area (Å²) in [7, 11) is 1.32. The van der Waals surface area contributed by atoms with E-state index in [-0.39, 0.29) is 24.3 Å². The molecule has 0 aromatic carbocycles. The minimum Gasteiger partial charge on any atom is -0.469 e. The summed E-state index contributed by atoms with van der Waals surface area (Å²) in [6.45, 7) is 3.51. The number of aryl methyl sites for hydroxylation is 1. The van der Waals surface area contributed by atoms with Gasteiger partial charge >= 0.3 is 5.97 Å². The molecule has 5 nitrogen and oxygen atoms in total. The molecule has 0 saturated heterocycles. The van der Waals surface area contributed by atoms with Gasteiger partial charge in [0.2, 0.25) is 0 Å². The molecule has 0 saturated carbocycles. The first kappa shape index (κ1) is 13.2. The van der Waals surface area contributed by atoms with Gasteiger partial charge in [0, 0.05) is 17.9 Å². The Hall–Kier alpha value is -1.91. The molecule has 0 fully saturated rings. The summed E-state index contributed by atoms with van der Waals surface area (Å²) < 4.78 is 4.53. The molecule has 0 spiro atoms. The summed E-state index contributed by atoms with van der Waals surface area (Å²) in [4.78, 5) is 26.9. The highest BCUT2D eigenvalue weighted by Crippen LogP contribution is 2.04. The number of rotatable bonds is 4. The Morgan fingerprint density at radius 1 is 1.53 bits per heavy atom. The van der Waals surface area contributed by atoms with Gasteiger partial charge in [-0.05, 0) is 26.0 Å². The Kier molecular flexibility index (Phi) is 4.63. The summed E-state index contributed by atoms with van der Waals surface area (Å²) in [5, 5.41) is 2.72. The number of nitrogens with zero attached hydrogens (tertiary/aromatic N) is 1. The van der Waals surface area contributed by atoms with Crippen molar-refractivity contribution >= 4 is 11.9 Å². The molecular weight excluding hydrogens is 220 g/mol. The van der Waals surface area contributed by atoms with E-state index in [2.05, 4.69) is 15.0 Å². The molecule has 92 valence electrons. The van der Waals surface area contributed by atoms with E-state index in [0.29, 0.717) is 11.3 Å². The minimum absolute atomic E-state index is 0.154. The average molecular weight is 236 g/mol. The number of carbonyl (C=O) groups is 2. The number of amides is 1. The van der Waals surface area contributed by atoms with Crippen molar-refractivity contribution in [2.24, 2.45) is 0 Å². The van der Waals surface area contributed by atoms with E-state index in [1.807, 2.05) is 0 Å². The van der Waals surface area contributed by atoms with Crippen molar-refractivity contribution in [3.05, 3.63) is 29.6 Å². The van der Waals surface area contributed by atoms with Crippen LogP contribution < -0.4 is 5.32 Å². The van der Waals surface area contributed by atoms with Gasteiger partial charge in [-0.15, -0.1) is 0 Å². The molecule has 0 bridgehead atoms. The fraction of sp³-hybridized carbons (Fsp3) is 0.417. The number of carbonyl (C=O) groups excluding carboxylic acids is 2. The van der Waals surface area contributed by atoms with Crippen molar-refractivity contribution < 1.29 is 14.3 Å². The molecule has 1 amide bonds. The van der Waals surface area contributed by atoms with Gasteiger partial charge in [0.1, 0.15) is 0 Å². The highest BCUT2D eigenvalue weighted by atomic mass is 16.5. The van der Waals surface area contributed by atoms with Crippen LogP contribution >= 0.6 is 0 Å². The zero-order valence-corrected chi connectivity index (χ0v) is 10.2. The Balaban J connectivity index is 2.61. The topological polar surface area (TPSA) is 68.3 Å². The van der Waals surface area contributed by atoms with Crippen LogP contribution in [0.1, 0.15) is 29.4 Å². The lowest BCUT2D eigenvalue weighted by Gasteiger charge is -2.13. The molecule has 1 rings (SSSR count). The van der Waals surface area contributed by atoms with E-state index in [1.165, 1.54) is 7.11 Å². The second-order valence-corrected chi connectivity index (χ2v) is 3.79. The van der Waals surface area contributed by atoms with Gasteiger partial charge in [-0.1, -0.05) is 0 Å². The highest BCUT2D eigenvalue weighted by Gasteiger charge is 2.14. The van der Waals surface area contributed by atoms with Gasteiger partial charge in [0.05, 0.1) is 19.1 Å². The van der Waals surface area contributed by atoms with E-state index >= 15 is 0 Å². The van der Waals surface area contributed by atoms with Crippen LogP contribution in [0.5, 0.6) is 0 Å². The molecule has 17 heavy (non-hydrogen) atoms. The van der Waals surface area contributed by atoms with Crippen molar-refractivity contribution in [3.8, 4) is 0 Å². The van der Waals surface area contributed by atoms with Gasteiger partial charge in [0.25, 0.3) is 5.91 Å². The SMILES string of the molecule is COC(=O)CC(C)NC(=O)c1cccnc1C. The molecule has 0 aliphatic rings. The lowest BCUT2D eigenvalue weighted by Crippen LogP contribution is -2.34. The first-order chi connectivity index (χ1) is 8.04. The van der Waals surface area contributed by atoms with Crippen LogP contribution in [0.2, 0.25) is 0 Å². The lowest BCUT2D eigenvalue weighted by atomic mass is 10.1. The molecule has 0 radical (unpaired) electrons. The Bertz CT molecular complexity index is 418. The van der Waals surface area contributed by atoms with Crippen LogP contribution in [0, 0.1) is 6.92 Å². The summed E-state index contributed by atoms with van der Waals surface area (Å²) in [6.07, 6.45) is 1.78. The van der Waals surface area contributed by atoms with Crippen molar-refractivity contribution in [2.45, 2.75) is 26.3 Å². The third kappa shape index (κ3) is 3.86. The first-order valence-electron chi connectivity index (χ1n) is 5.34. The van der Waals surface area contributed by atoms with Crippen molar-refractivity contribution in [1.29, 1.82) is 0 Å². The Morgan fingerprint density at radius 2 is 2.24 bits per heavy atom. The third-order valence-corrected chi connectivity index (χ3v) is 2.33. The maximum Gasteiger partial charge on any atom is 0.307 e. The number of methoxy groups -OCH3 is 1. The normalized spacial score (nSPS) is 11.7. The number of esters is 1. The molecule has 1 N–H and O–H groups in total. The van der Waals surface area contributed by atoms with E-state index in [0.717, 1.165) is 0 Å². The molecule has 1 unspecified atom stereocenters. The molecule has 1 atom stereocenters. The maximum absolute atomic E-state index is 11.8. The second kappa shape index (κ2) is 5.98. The summed E-state index contributed by atoms with van der Waals surface area (Å²) >= 11 is 0. The highest BCUT2D eigenvalue weighted by molar-refractivity contribution is 5.95. The van der Waals surface area contributed by atoms with Gasteiger partial charge in [-0.3, -0.25) is 14.6 Å². The summed E-state index contributed by atoms with van der Waals surface area (Å²) in [6, 6.07) is 3.13. The third-order valence-electron chi connectivity index (χ3n) is 2.33. The van der Waals surface area contributed by atoms with Crippen LogP contribution in [0.25, 0.3) is 0 Å². The van der Waals surface area contributed by atoms with Crippen molar-refractivity contribution in [1.82, 2.24) is 10.3 Å². The summed E-state index contributed by atoms with van der Waals surface area (Å²) in [5.74, 6) is -0.576. The smallest absolute Gasteiger partial charge is 0.307 e. The molecule has 1 aromatic rings. The van der Waals surface area contributed by atoms with Crippen LogP contribution in [0.4, 0.5) is 0 Å². The molecular formula is C12H16N2O3. The number of pyridine rings is 1. The predicted molar refractivity (Wildman–Crippen MR) is 62.5 cm³/mol. The van der Waals surface area contributed by atoms with Crippen LogP contribution in [0.3, 0.4) is 0 Å². The lowest BCUT2D eigenvalue weighted by molar-refractivity contribution is -0.141. The molecule has 0 aliphatic carbocycles. The molecule has 1 aromatic heterocycles. The van der Waals surface area contributed by atoms with Crippen molar-refractivity contribution in [3.63, 3.8) is 0 Å². The number of ether oxygens (including phenoxy) is 1. The first-order valence-corrected chi connectivity index (χ1v) is 5.34. The number of aromatic nitrogens is 1. The number of nitrogens with one attached hydrogen (secondary N) is 1. The monoisotopic (exact) mass is 236 g/mol. The van der Waals surface area contributed by atoms with Crippen LogP contribution in [-0.4, -0.2) is 30.0 Å². The number of hydrogen-bond acceptors (Lipinski definition) is 4. The largest absolute Gasteiger partial charge is 0.469 e. The fourth-order valence-electron chi connectivity index (χ4n) is 1.41. The fourth-order valence-corrected chi connectivity index (χ4v) is 1.41. The zero-order chi connectivity index (χ0) is 12.8. The predicted octanol–water partition coefficient (Wildman–Crippen LogP) is 1.07. The second-order valence-electron chi connectivity index (χ2n) is 3.79. The standard InChI is InChI=1S/C12H16N2O3/c1-8(7-11(15)17-3)14-12(16)10-5-4-6-13-9(10)2/h4-6,8H,7H2,1-3H3,(H,14,16). The quantitative estimate of drug-likeness (QED) is 0.794. The number of hydrogen-bond donors (Lipinski definition) is 1.